The Morgan fingerprint density at radius 3 is 2.24 bits per heavy atom. The second-order valence-corrected chi connectivity index (χ2v) is 7.40. The molecule has 29 heavy (non-hydrogen) atoms. The van der Waals surface area contributed by atoms with Crippen LogP contribution in [0.2, 0.25) is 0 Å². The maximum atomic E-state index is 13.3. The summed E-state index contributed by atoms with van der Waals surface area (Å²) in [5, 5.41) is 0. The summed E-state index contributed by atoms with van der Waals surface area (Å²) in [5.41, 5.74) is 3.68. The molecular weight excluding hydrogens is 364 g/mol. The highest BCUT2D eigenvalue weighted by atomic mass is 16.2. The number of carbonyl (C=O) groups is 3. The Kier molecular flexibility index (Phi) is 3.84. The number of para-hydroxylation sites is 1. The zero-order chi connectivity index (χ0) is 20.1. The fourth-order valence-corrected chi connectivity index (χ4v) is 4.22. The molecule has 0 N–H and O–H groups in total. The molecule has 5 heteroatoms. The minimum absolute atomic E-state index is 0.0443. The van der Waals surface area contributed by atoms with E-state index in [1.165, 1.54) is 0 Å². The van der Waals surface area contributed by atoms with E-state index < -0.39 is 0 Å². The van der Waals surface area contributed by atoms with Crippen molar-refractivity contribution in [1.82, 2.24) is 0 Å². The molecule has 2 aliphatic heterocycles. The first-order chi connectivity index (χ1) is 14.1. The molecule has 3 aromatic carbocycles. The average Bonchev–Trinajstić information content (AvgIpc) is 3.21. The number of fused-ring (bicyclic) bond motifs is 2. The van der Waals surface area contributed by atoms with E-state index in [-0.39, 0.29) is 23.8 Å². The molecule has 142 valence electrons. The van der Waals surface area contributed by atoms with Crippen LogP contribution >= 0.6 is 0 Å². The largest absolute Gasteiger partial charge is 0.305 e. The van der Waals surface area contributed by atoms with Crippen LogP contribution < -0.4 is 9.80 Å². The van der Waals surface area contributed by atoms with Crippen molar-refractivity contribution >= 4 is 29.1 Å². The van der Waals surface area contributed by atoms with Crippen LogP contribution in [0.3, 0.4) is 0 Å². The Morgan fingerprint density at radius 1 is 0.862 bits per heavy atom. The Bertz CT molecular complexity index is 1150. The van der Waals surface area contributed by atoms with Crippen molar-refractivity contribution in [2.24, 2.45) is 0 Å². The number of hydrogen-bond donors (Lipinski definition) is 0. The Labute approximate surface area is 168 Å². The number of amides is 3. The van der Waals surface area contributed by atoms with E-state index in [4.69, 9.17) is 0 Å². The highest BCUT2D eigenvalue weighted by Gasteiger charge is 2.37. The number of imide groups is 1. The monoisotopic (exact) mass is 382 g/mol. The van der Waals surface area contributed by atoms with Gasteiger partial charge in [-0.15, -0.1) is 0 Å². The number of carbonyl (C=O) groups excluding carboxylic acids is 3. The smallest absolute Gasteiger partial charge is 0.266 e. The van der Waals surface area contributed by atoms with Gasteiger partial charge in [0.1, 0.15) is 0 Å². The van der Waals surface area contributed by atoms with Gasteiger partial charge in [-0.2, -0.15) is 0 Å². The Balaban J connectivity index is 1.51. The van der Waals surface area contributed by atoms with E-state index in [0.717, 1.165) is 22.6 Å². The topological polar surface area (TPSA) is 57.7 Å². The molecule has 5 rings (SSSR count). The molecule has 0 spiro atoms. The number of hydrogen-bond acceptors (Lipinski definition) is 3. The molecule has 0 radical (unpaired) electrons. The molecule has 1 atom stereocenters. The molecule has 0 bridgehead atoms. The lowest BCUT2D eigenvalue weighted by molar-refractivity contribution is 0.0922. The van der Waals surface area contributed by atoms with Crippen LogP contribution in [0.5, 0.6) is 0 Å². The molecule has 2 aliphatic rings. The van der Waals surface area contributed by atoms with Gasteiger partial charge < -0.3 is 4.90 Å². The first-order valence-corrected chi connectivity index (χ1v) is 9.55. The first-order valence-electron chi connectivity index (χ1n) is 9.55. The summed E-state index contributed by atoms with van der Waals surface area (Å²) < 4.78 is 0. The molecule has 5 nitrogen and oxygen atoms in total. The fourth-order valence-electron chi connectivity index (χ4n) is 4.22. The maximum Gasteiger partial charge on any atom is 0.266 e. The van der Waals surface area contributed by atoms with Crippen LogP contribution in [0, 0.1) is 0 Å². The van der Waals surface area contributed by atoms with Crippen LogP contribution in [-0.4, -0.2) is 23.8 Å². The summed E-state index contributed by atoms with van der Waals surface area (Å²) in [6, 6.07) is 21.4. The van der Waals surface area contributed by atoms with E-state index in [2.05, 4.69) is 0 Å². The van der Waals surface area contributed by atoms with Crippen molar-refractivity contribution in [2.75, 3.05) is 9.80 Å². The molecule has 0 fully saturated rings. The van der Waals surface area contributed by atoms with Crippen molar-refractivity contribution in [2.45, 2.75) is 19.4 Å². The Hall–Kier alpha value is -3.73. The van der Waals surface area contributed by atoms with Gasteiger partial charge in [-0.3, -0.25) is 14.4 Å². The summed E-state index contributed by atoms with van der Waals surface area (Å²) in [4.78, 5) is 41.8. The van der Waals surface area contributed by atoms with Gasteiger partial charge in [0.25, 0.3) is 17.7 Å². The van der Waals surface area contributed by atoms with E-state index in [9.17, 15) is 14.4 Å². The van der Waals surface area contributed by atoms with Crippen LogP contribution in [0.15, 0.2) is 72.8 Å². The lowest BCUT2D eigenvalue weighted by atomic mass is 10.1. The molecule has 2 heterocycles. The number of anilines is 2. The highest BCUT2D eigenvalue weighted by Crippen LogP contribution is 2.34. The predicted molar refractivity (Wildman–Crippen MR) is 110 cm³/mol. The standard InChI is InChI=1S/C24H18N2O3/c1-15-13-16-7-2-5-12-21(16)25(15)22(27)17-8-6-9-18(14-17)26-23(28)19-10-3-4-11-20(19)24(26)29/h2-12,14-15H,13H2,1H3. The summed E-state index contributed by atoms with van der Waals surface area (Å²) in [6.45, 7) is 2.02. The third kappa shape index (κ3) is 2.58. The molecule has 1 unspecified atom stereocenters. The third-order valence-electron chi connectivity index (χ3n) is 5.57. The van der Waals surface area contributed by atoms with Crippen molar-refractivity contribution in [3.63, 3.8) is 0 Å². The molecular formula is C24H18N2O3. The lowest BCUT2D eigenvalue weighted by Gasteiger charge is -2.23. The number of rotatable bonds is 2. The van der Waals surface area contributed by atoms with Crippen LogP contribution in [-0.2, 0) is 6.42 Å². The van der Waals surface area contributed by atoms with Gasteiger partial charge >= 0.3 is 0 Å². The van der Waals surface area contributed by atoms with Gasteiger partial charge in [-0.1, -0.05) is 36.4 Å². The third-order valence-corrected chi connectivity index (χ3v) is 5.57. The molecule has 3 aromatic rings. The number of nitrogens with zero attached hydrogens (tertiary/aromatic N) is 2. The highest BCUT2D eigenvalue weighted by molar-refractivity contribution is 6.34. The molecule has 0 aromatic heterocycles. The molecule has 0 saturated carbocycles. The Morgan fingerprint density at radius 2 is 1.52 bits per heavy atom. The van der Waals surface area contributed by atoms with E-state index in [0.29, 0.717) is 22.4 Å². The van der Waals surface area contributed by atoms with Crippen molar-refractivity contribution in [1.29, 1.82) is 0 Å². The zero-order valence-corrected chi connectivity index (χ0v) is 15.8. The normalized spacial score (nSPS) is 17.5. The van der Waals surface area contributed by atoms with Crippen LogP contribution in [0.1, 0.15) is 43.6 Å². The van der Waals surface area contributed by atoms with Gasteiger partial charge in [-0.05, 0) is 55.3 Å². The summed E-state index contributed by atoms with van der Waals surface area (Å²) in [5.74, 6) is -0.869. The number of benzene rings is 3. The molecule has 0 aliphatic carbocycles. The SMILES string of the molecule is CC1Cc2ccccc2N1C(=O)c1cccc(N2C(=O)c3ccccc3C2=O)c1. The van der Waals surface area contributed by atoms with E-state index >= 15 is 0 Å². The van der Waals surface area contributed by atoms with Crippen molar-refractivity contribution in [3.8, 4) is 0 Å². The predicted octanol–water partition coefficient (Wildman–Crippen LogP) is 4.08. The summed E-state index contributed by atoms with van der Waals surface area (Å²) in [7, 11) is 0. The zero-order valence-electron chi connectivity index (χ0n) is 15.8. The van der Waals surface area contributed by atoms with Crippen molar-refractivity contribution < 1.29 is 14.4 Å². The van der Waals surface area contributed by atoms with Crippen LogP contribution in [0.25, 0.3) is 0 Å². The van der Waals surface area contributed by atoms with Crippen LogP contribution in [0.4, 0.5) is 11.4 Å². The average molecular weight is 382 g/mol. The molecule has 3 amide bonds. The van der Waals surface area contributed by atoms with Gasteiger partial charge in [-0.25, -0.2) is 4.90 Å². The lowest BCUT2D eigenvalue weighted by Crippen LogP contribution is -2.36. The second kappa shape index (κ2) is 6.41. The second-order valence-electron chi connectivity index (χ2n) is 7.40. The summed E-state index contributed by atoms with van der Waals surface area (Å²) >= 11 is 0. The molecule has 0 saturated heterocycles. The quantitative estimate of drug-likeness (QED) is 0.628. The van der Waals surface area contributed by atoms with Crippen molar-refractivity contribution in [3.05, 3.63) is 95.1 Å². The summed E-state index contributed by atoms with van der Waals surface area (Å²) in [6.07, 6.45) is 0.806. The fraction of sp³-hybridized carbons (Fsp3) is 0.125. The van der Waals surface area contributed by atoms with E-state index in [1.807, 2.05) is 31.2 Å². The minimum Gasteiger partial charge on any atom is -0.305 e. The van der Waals surface area contributed by atoms with Gasteiger partial charge in [0.15, 0.2) is 0 Å². The van der Waals surface area contributed by atoms with Gasteiger partial charge in [0.05, 0.1) is 16.8 Å². The van der Waals surface area contributed by atoms with E-state index in [1.54, 1.807) is 53.4 Å². The maximum absolute atomic E-state index is 13.3. The van der Waals surface area contributed by atoms with Gasteiger partial charge in [0.2, 0.25) is 0 Å². The first kappa shape index (κ1) is 17.4. The van der Waals surface area contributed by atoms with Gasteiger partial charge in [0, 0.05) is 17.3 Å². The minimum atomic E-state index is -0.366.